The molecular formula is C19H21Cl3N2O3S. The summed E-state index contributed by atoms with van der Waals surface area (Å²) in [5.41, 5.74) is 1.90. The summed E-state index contributed by atoms with van der Waals surface area (Å²) in [6.07, 6.45) is -0.0699. The first-order valence-corrected chi connectivity index (χ1v) is 10.8. The van der Waals surface area contributed by atoms with Gasteiger partial charge in [-0.25, -0.2) is 4.79 Å². The zero-order valence-electron chi connectivity index (χ0n) is 15.4. The van der Waals surface area contributed by atoms with Crippen LogP contribution in [0.4, 0.5) is 5.00 Å². The summed E-state index contributed by atoms with van der Waals surface area (Å²) in [6.45, 7) is 3.83. The highest BCUT2D eigenvalue weighted by molar-refractivity contribution is 7.15. The molecule has 2 N–H and O–H groups in total. The van der Waals surface area contributed by atoms with Crippen LogP contribution in [0.15, 0.2) is 35.7 Å². The lowest BCUT2D eigenvalue weighted by Crippen LogP contribution is -2.49. The average molecular weight is 464 g/mol. The van der Waals surface area contributed by atoms with Gasteiger partial charge < -0.3 is 15.4 Å². The van der Waals surface area contributed by atoms with Crippen LogP contribution in [-0.4, -0.2) is 28.4 Å². The number of amides is 1. The number of nitrogens with one attached hydrogen (secondary N) is 2. The summed E-state index contributed by atoms with van der Waals surface area (Å²) < 4.78 is 3.39. The molecule has 1 aromatic carbocycles. The van der Waals surface area contributed by atoms with Crippen molar-refractivity contribution in [2.24, 2.45) is 0 Å². The van der Waals surface area contributed by atoms with Gasteiger partial charge in [-0.3, -0.25) is 4.79 Å². The van der Waals surface area contributed by atoms with Gasteiger partial charge in [-0.2, -0.15) is 0 Å². The average Bonchev–Trinajstić information content (AvgIpc) is 3.05. The second kappa shape index (κ2) is 10.3. The smallest absolute Gasteiger partial charge is 0.341 e. The highest BCUT2D eigenvalue weighted by Crippen LogP contribution is 2.39. The molecule has 0 bridgehead atoms. The summed E-state index contributed by atoms with van der Waals surface area (Å²) in [7, 11) is 0. The number of halogens is 3. The Morgan fingerprint density at radius 2 is 1.86 bits per heavy atom. The molecule has 0 fully saturated rings. The van der Waals surface area contributed by atoms with E-state index in [0.717, 1.165) is 5.56 Å². The van der Waals surface area contributed by atoms with E-state index in [1.807, 2.05) is 42.6 Å². The van der Waals surface area contributed by atoms with Gasteiger partial charge in [0.2, 0.25) is 9.70 Å². The zero-order chi connectivity index (χ0) is 20.7. The highest BCUT2D eigenvalue weighted by Gasteiger charge is 2.35. The first-order chi connectivity index (χ1) is 13.3. The maximum atomic E-state index is 12.6. The highest BCUT2D eigenvalue weighted by atomic mass is 35.6. The number of anilines is 1. The third kappa shape index (κ3) is 6.01. The van der Waals surface area contributed by atoms with E-state index in [1.54, 1.807) is 6.92 Å². The molecular weight excluding hydrogens is 443 g/mol. The number of hydrogen-bond acceptors (Lipinski definition) is 5. The van der Waals surface area contributed by atoms with Gasteiger partial charge in [-0.1, -0.05) is 72.1 Å². The van der Waals surface area contributed by atoms with Gasteiger partial charge in [-0.05, 0) is 18.9 Å². The Kier molecular flexibility index (Phi) is 8.43. The summed E-state index contributed by atoms with van der Waals surface area (Å²) in [4.78, 5) is 24.7. The molecule has 28 heavy (non-hydrogen) atoms. The van der Waals surface area contributed by atoms with Gasteiger partial charge in [0.15, 0.2) is 0 Å². The Bertz CT molecular complexity index is 807. The van der Waals surface area contributed by atoms with E-state index in [2.05, 4.69) is 10.6 Å². The molecule has 2 rings (SSSR count). The lowest BCUT2D eigenvalue weighted by atomic mass is 10.0. The minimum absolute atomic E-state index is 0.226. The Hall–Kier alpha value is -1.47. The molecule has 0 aliphatic carbocycles. The van der Waals surface area contributed by atoms with Crippen molar-refractivity contribution in [3.8, 4) is 11.1 Å². The van der Waals surface area contributed by atoms with Crippen molar-refractivity contribution < 1.29 is 14.3 Å². The second-order valence-electron chi connectivity index (χ2n) is 5.88. The summed E-state index contributed by atoms with van der Waals surface area (Å²) in [6, 6.07) is 9.43. The molecule has 0 aliphatic rings. The van der Waals surface area contributed by atoms with Crippen LogP contribution in [0.5, 0.6) is 0 Å². The topological polar surface area (TPSA) is 67.4 Å². The second-order valence-corrected chi connectivity index (χ2v) is 9.13. The molecule has 1 aromatic heterocycles. The molecule has 1 amide bonds. The monoisotopic (exact) mass is 462 g/mol. The molecule has 1 atom stereocenters. The van der Waals surface area contributed by atoms with E-state index < -0.39 is 15.9 Å². The van der Waals surface area contributed by atoms with E-state index in [0.29, 0.717) is 29.0 Å². The van der Waals surface area contributed by atoms with Crippen molar-refractivity contribution in [2.45, 2.75) is 36.6 Å². The van der Waals surface area contributed by atoms with Crippen LogP contribution >= 0.6 is 46.1 Å². The molecule has 5 nitrogen and oxygen atoms in total. The number of alkyl halides is 3. The largest absolute Gasteiger partial charge is 0.462 e. The SMILES string of the molecule is CCCC(=O)N[C@H](Nc1scc(-c2ccccc2)c1C(=O)OCC)C(Cl)(Cl)Cl. The van der Waals surface area contributed by atoms with Crippen LogP contribution in [0.3, 0.4) is 0 Å². The summed E-state index contributed by atoms with van der Waals surface area (Å²) in [5.74, 6) is -0.753. The van der Waals surface area contributed by atoms with Crippen molar-refractivity contribution in [3.63, 3.8) is 0 Å². The molecule has 9 heteroatoms. The minimum atomic E-state index is -1.83. The Labute approximate surface area is 183 Å². The van der Waals surface area contributed by atoms with Crippen LogP contribution in [0, 0.1) is 0 Å². The lowest BCUT2D eigenvalue weighted by Gasteiger charge is -2.27. The van der Waals surface area contributed by atoms with Gasteiger partial charge in [-0.15, -0.1) is 11.3 Å². The number of benzene rings is 1. The van der Waals surface area contributed by atoms with Crippen LogP contribution < -0.4 is 10.6 Å². The predicted molar refractivity (Wildman–Crippen MR) is 116 cm³/mol. The van der Waals surface area contributed by atoms with Crippen LogP contribution in [0.1, 0.15) is 37.0 Å². The number of ether oxygens (including phenoxy) is 1. The molecule has 0 saturated carbocycles. The first kappa shape index (κ1) is 22.8. The van der Waals surface area contributed by atoms with Crippen molar-refractivity contribution >= 4 is 63.0 Å². The number of carbonyl (C=O) groups excluding carboxylic acids is 2. The first-order valence-electron chi connectivity index (χ1n) is 8.74. The fourth-order valence-electron chi connectivity index (χ4n) is 2.49. The van der Waals surface area contributed by atoms with Crippen LogP contribution in [0.25, 0.3) is 11.1 Å². The standard InChI is InChI=1S/C19H21Cl3N2O3S/c1-3-8-14(25)23-18(19(20,21)22)24-16-15(17(26)27-4-2)13(11-28-16)12-9-6-5-7-10-12/h5-7,9-11,18,24H,3-4,8H2,1-2H3,(H,23,25)/t18-/m1/s1. The Morgan fingerprint density at radius 1 is 1.18 bits per heavy atom. The number of thiophene rings is 1. The quantitative estimate of drug-likeness (QED) is 0.303. The Balaban J connectivity index is 2.41. The van der Waals surface area contributed by atoms with Gasteiger partial charge in [0, 0.05) is 17.4 Å². The van der Waals surface area contributed by atoms with E-state index in [4.69, 9.17) is 39.5 Å². The van der Waals surface area contributed by atoms with Crippen LogP contribution in [0.2, 0.25) is 0 Å². The Morgan fingerprint density at radius 3 is 2.43 bits per heavy atom. The summed E-state index contributed by atoms with van der Waals surface area (Å²) >= 11 is 19.4. The van der Waals surface area contributed by atoms with Gasteiger partial charge in [0.1, 0.15) is 16.7 Å². The predicted octanol–water partition coefficient (Wildman–Crippen LogP) is 5.62. The van der Waals surface area contributed by atoms with Crippen LogP contribution in [-0.2, 0) is 9.53 Å². The molecule has 0 saturated heterocycles. The van der Waals surface area contributed by atoms with Crippen molar-refractivity contribution in [3.05, 3.63) is 41.3 Å². The van der Waals surface area contributed by atoms with Crippen molar-refractivity contribution in [2.75, 3.05) is 11.9 Å². The number of esters is 1. The maximum Gasteiger partial charge on any atom is 0.341 e. The van der Waals surface area contributed by atoms with E-state index in [-0.39, 0.29) is 12.5 Å². The van der Waals surface area contributed by atoms with Crippen molar-refractivity contribution in [1.29, 1.82) is 0 Å². The van der Waals surface area contributed by atoms with Gasteiger partial charge in [0.25, 0.3) is 0 Å². The molecule has 0 unspecified atom stereocenters. The fourth-order valence-corrected chi connectivity index (χ4v) is 3.81. The number of carbonyl (C=O) groups is 2. The van der Waals surface area contributed by atoms with E-state index >= 15 is 0 Å². The normalized spacial score (nSPS) is 12.3. The number of rotatable bonds is 8. The third-order valence-corrected chi connectivity index (χ3v) is 5.31. The van der Waals surface area contributed by atoms with Crippen molar-refractivity contribution in [1.82, 2.24) is 5.32 Å². The maximum absolute atomic E-state index is 12.6. The van der Waals surface area contributed by atoms with E-state index in [9.17, 15) is 9.59 Å². The molecule has 152 valence electrons. The molecule has 2 aromatic rings. The van der Waals surface area contributed by atoms with E-state index in [1.165, 1.54) is 11.3 Å². The van der Waals surface area contributed by atoms with Gasteiger partial charge in [0.05, 0.1) is 6.61 Å². The lowest BCUT2D eigenvalue weighted by molar-refractivity contribution is -0.121. The molecule has 0 radical (unpaired) electrons. The molecule has 0 aliphatic heterocycles. The van der Waals surface area contributed by atoms with Gasteiger partial charge >= 0.3 is 5.97 Å². The molecule has 1 heterocycles. The summed E-state index contributed by atoms with van der Waals surface area (Å²) in [5, 5.41) is 7.93. The zero-order valence-corrected chi connectivity index (χ0v) is 18.5. The molecule has 0 spiro atoms. The third-order valence-electron chi connectivity index (χ3n) is 3.74. The number of hydrogen-bond donors (Lipinski definition) is 2. The fraction of sp³-hybridized carbons (Fsp3) is 0.368. The minimum Gasteiger partial charge on any atom is -0.462 e.